The monoisotopic (exact) mass is 338 g/mol. The van der Waals surface area contributed by atoms with E-state index in [1.165, 1.54) is 0 Å². The average Bonchev–Trinajstić information content (AvgIpc) is 3.42. The van der Waals surface area contributed by atoms with Crippen molar-refractivity contribution in [2.75, 3.05) is 12.4 Å². The minimum Gasteiger partial charge on any atom is -0.497 e. The van der Waals surface area contributed by atoms with Crippen molar-refractivity contribution in [2.45, 2.75) is 26.3 Å². The molecular weight excluding hydrogens is 316 g/mol. The van der Waals surface area contributed by atoms with Gasteiger partial charge in [0.05, 0.1) is 7.11 Å². The summed E-state index contributed by atoms with van der Waals surface area (Å²) >= 11 is 0. The predicted octanol–water partition coefficient (Wildman–Crippen LogP) is 3.04. The van der Waals surface area contributed by atoms with Crippen LogP contribution in [0.15, 0.2) is 48.5 Å². The molecule has 130 valence electrons. The summed E-state index contributed by atoms with van der Waals surface area (Å²) in [6.45, 7) is 2.35. The van der Waals surface area contributed by atoms with Gasteiger partial charge in [-0.3, -0.25) is 9.59 Å². The third-order valence-corrected chi connectivity index (χ3v) is 4.51. The zero-order valence-electron chi connectivity index (χ0n) is 14.5. The van der Waals surface area contributed by atoms with E-state index in [0.29, 0.717) is 19.4 Å². The van der Waals surface area contributed by atoms with Gasteiger partial charge in [0.15, 0.2) is 0 Å². The van der Waals surface area contributed by atoms with Crippen molar-refractivity contribution in [3.63, 3.8) is 0 Å². The fourth-order valence-electron chi connectivity index (χ4n) is 2.75. The van der Waals surface area contributed by atoms with Crippen molar-refractivity contribution in [3.8, 4) is 5.75 Å². The second kappa shape index (κ2) is 6.97. The molecule has 0 aromatic heterocycles. The van der Waals surface area contributed by atoms with Crippen LogP contribution in [0.5, 0.6) is 5.75 Å². The van der Waals surface area contributed by atoms with Gasteiger partial charge in [0, 0.05) is 12.2 Å². The maximum absolute atomic E-state index is 12.6. The smallest absolute Gasteiger partial charge is 0.240 e. The molecule has 0 radical (unpaired) electrons. The highest BCUT2D eigenvalue weighted by molar-refractivity contribution is 6.13. The zero-order valence-corrected chi connectivity index (χ0v) is 14.5. The first-order chi connectivity index (χ1) is 12.0. The first-order valence-electron chi connectivity index (χ1n) is 8.33. The van der Waals surface area contributed by atoms with E-state index in [1.54, 1.807) is 7.11 Å². The number of nitrogens with one attached hydrogen (secondary N) is 2. The summed E-state index contributed by atoms with van der Waals surface area (Å²) in [5, 5.41) is 5.74. The first-order valence-corrected chi connectivity index (χ1v) is 8.33. The Kier molecular flexibility index (Phi) is 4.74. The lowest BCUT2D eigenvalue weighted by molar-refractivity contribution is -0.134. The van der Waals surface area contributed by atoms with Crippen LogP contribution in [0.4, 0.5) is 5.69 Å². The van der Waals surface area contributed by atoms with E-state index in [0.717, 1.165) is 22.6 Å². The fraction of sp³-hybridized carbons (Fsp3) is 0.300. The molecule has 2 amide bonds. The van der Waals surface area contributed by atoms with Gasteiger partial charge < -0.3 is 15.4 Å². The van der Waals surface area contributed by atoms with Gasteiger partial charge in [-0.25, -0.2) is 0 Å². The second-order valence-electron chi connectivity index (χ2n) is 6.44. The van der Waals surface area contributed by atoms with Gasteiger partial charge in [-0.1, -0.05) is 24.3 Å². The van der Waals surface area contributed by atoms with E-state index in [1.807, 2.05) is 55.5 Å². The molecule has 0 heterocycles. The van der Waals surface area contributed by atoms with Gasteiger partial charge in [0.2, 0.25) is 11.8 Å². The number of carbonyl (C=O) groups excluding carboxylic acids is 2. The highest BCUT2D eigenvalue weighted by atomic mass is 16.5. The van der Waals surface area contributed by atoms with E-state index in [-0.39, 0.29) is 11.8 Å². The third-order valence-electron chi connectivity index (χ3n) is 4.51. The Morgan fingerprint density at radius 2 is 1.80 bits per heavy atom. The first kappa shape index (κ1) is 17.0. The Morgan fingerprint density at radius 1 is 1.08 bits per heavy atom. The number of benzene rings is 2. The Balaban J connectivity index is 1.59. The largest absolute Gasteiger partial charge is 0.497 e. The minimum absolute atomic E-state index is 0.214. The lowest BCUT2D eigenvalue weighted by atomic mass is 10.0. The molecule has 3 rings (SSSR count). The number of anilines is 1. The SMILES string of the molecule is COc1ccc(CNC(=O)C2(C(=O)Nc3cccc(C)c3)CC2)cc1. The molecule has 1 saturated carbocycles. The molecule has 1 aliphatic carbocycles. The van der Waals surface area contributed by atoms with Gasteiger partial charge in [0.1, 0.15) is 11.2 Å². The van der Waals surface area contributed by atoms with Crippen LogP contribution in [-0.2, 0) is 16.1 Å². The van der Waals surface area contributed by atoms with Gasteiger partial charge in [-0.15, -0.1) is 0 Å². The lowest BCUT2D eigenvalue weighted by Crippen LogP contribution is -2.39. The Bertz CT molecular complexity index is 780. The highest BCUT2D eigenvalue weighted by Crippen LogP contribution is 2.46. The number of hydrogen-bond acceptors (Lipinski definition) is 3. The number of rotatable bonds is 6. The van der Waals surface area contributed by atoms with Gasteiger partial charge in [-0.2, -0.15) is 0 Å². The van der Waals surface area contributed by atoms with Crippen LogP contribution in [0.25, 0.3) is 0 Å². The Morgan fingerprint density at radius 3 is 2.40 bits per heavy atom. The molecule has 5 nitrogen and oxygen atoms in total. The summed E-state index contributed by atoms with van der Waals surface area (Å²) in [7, 11) is 1.61. The van der Waals surface area contributed by atoms with Crippen molar-refractivity contribution >= 4 is 17.5 Å². The predicted molar refractivity (Wildman–Crippen MR) is 96.3 cm³/mol. The number of carbonyl (C=O) groups is 2. The molecule has 0 bridgehead atoms. The van der Waals surface area contributed by atoms with Crippen molar-refractivity contribution < 1.29 is 14.3 Å². The molecule has 25 heavy (non-hydrogen) atoms. The zero-order chi connectivity index (χ0) is 17.9. The average molecular weight is 338 g/mol. The van der Waals surface area contributed by atoms with Crippen molar-refractivity contribution in [1.29, 1.82) is 0 Å². The van der Waals surface area contributed by atoms with Crippen molar-refractivity contribution in [2.24, 2.45) is 5.41 Å². The van der Waals surface area contributed by atoms with Crippen LogP contribution in [0.3, 0.4) is 0 Å². The summed E-state index contributed by atoms with van der Waals surface area (Å²) in [5.41, 5.74) is 1.81. The summed E-state index contributed by atoms with van der Waals surface area (Å²) in [6, 6.07) is 15.0. The van der Waals surface area contributed by atoms with E-state index >= 15 is 0 Å². The molecule has 0 spiro atoms. The molecule has 0 atom stereocenters. The Labute approximate surface area is 147 Å². The number of ether oxygens (including phenoxy) is 1. The van der Waals surface area contributed by atoms with Crippen LogP contribution in [0.1, 0.15) is 24.0 Å². The third kappa shape index (κ3) is 3.82. The minimum atomic E-state index is -0.934. The molecule has 0 aliphatic heterocycles. The maximum Gasteiger partial charge on any atom is 0.240 e. The molecule has 2 N–H and O–H groups in total. The molecule has 0 saturated heterocycles. The summed E-state index contributed by atoms with van der Waals surface area (Å²) in [6.07, 6.45) is 1.16. The van der Waals surface area contributed by atoms with Gasteiger partial charge >= 0.3 is 0 Å². The highest BCUT2D eigenvalue weighted by Gasteiger charge is 2.56. The number of hydrogen-bond donors (Lipinski definition) is 2. The molecule has 5 heteroatoms. The van der Waals surface area contributed by atoms with E-state index in [9.17, 15) is 9.59 Å². The number of amides is 2. The summed E-state index contributed by atoms with van der Waals surface area (Å²) in [4.78, 5) is 25.1. The van der Waals surface area contributed by atoms with Gasteiger partial charge in [-0.05, 0) is 55.2 Å². The van der Waals surface area contributed by atoms with E-state index in [2.05, 4.69) is 10.6 Å². The molecule has 1 aliphatic rings. The Hall–Kier alpha value is -2.82. The number of methoxy groups -OCH3 is 1. The van der Waals surface area contributed by atoms with Crippen molar-refractivity contribution in [3.05, 3.63) is 59.7 Å². The molecule has 0 unspecified atom stereocenters. The quantitative estimate of drug-likeness (QED) is 0.796. The van der Waals surface area contributed by atoms with Crippen LogP contribution in [-0.4, -0.2) is 18.9 Å². The van der Waals surface area contributed by atoms with Crippen LogP contribution >= 0.6 is 0 Å². The van der Waals surface area contributed by atoms with Crippen LogP contribution < -0.4 is 15.4 Å². The normalized spacial score (nSPS) is 14.5. The second-order valence-corrected chi connectivity index (χ2v) is 6.44. The van der Waals surface area contributed by atoms with E-state index < -0.39 is 5.41 Å². The molecular formula is C20H22N2O3. The molecule has 1 fully saturated rings. The lowest BCUT2D eigenvalue weighted by Gasteiger charge is -2.16. The standard InChI is InChI=1S/C20H22N2O3/c1-14-4-3-5-16(12-14)22-19(24)20(10-11-20)18(23)21-13-15-6-8-17(25-2)9-7-15/h3-9,12H,10-11,13H2,1-2H3,(H,21,23)(H,22,24). The van der Waals surface area contributed by atoms with Gasteiger partial charge in [0.25, 0.3) is 0 Å². The topological polar surface area (TPSA) is 67.4 Å². The number of aryl methyl sites for hydroxylation is 1. The van der Waals surface area contributed by atoms with Crippen LogP contribution in [0, 0.1) is 12.3 Å². The maximum atomic E-state index is 12.6. The molecule has 2 aromatic rings. The van der Waals surface area contributed by atoms with Crippen molar-refractivity contribution in [1.82, 2.24) is 5.32 Å². The van der Waals surface area contributed by atoms with Crippen LogP contribution in [0.2, 0.25) is 0 Å². The van der Waals surface area contributed by atoms with E-state index in [4.69, 9.17) is 4.74 Å². The summed E-state index contributed by atoms with van der Waals surface area (Å²) in [5.74, 6) is 0.324. The fourth-order valence-corrected chi connectivity index (χ4v) is 2.75. The summed E-state index contributed by atoms with van der Waals surface area (Å²) < 4.78 is 5.12. The molecule has 2 aromatic carbocycles.